The average molecular weight is 255 g/mol. The van der Waals surface area contributed by atoms with Crippen LogP contribution in [0.5, 0.6) is 0 Å². The minimum atomic E-state index is -0.542. The first-order chi connectivity index (χ1) is 9.09. The number of rotatable bonds is 1. The van der Waals surface area contributed by atoms with Crippen molar-refractivity contribution in [1.29, 1.82) is 0 Å². The van der Waals surface area contributed by atoms with Gasteiger partial charge in [-0.05, 0) is 24.6 Å². The number of benzene rings is 2. The zero-order valence-corrected chi connectivity index (χ0v) is 10.0. The van der Waals surface area contributed by atoms with Gasteiger partial charge in [0, 0.05) is 6.07 Å². The second-order valence-electron chi connectivity index (χ2n) is 4.29. The molecule has 2 aromatic carbocycles. The number of hydrogen-bond donors (Lipinski definition) is 0. The van der Waals surface area contributed by atoms with E-state index in [9.17, 15) is 14.9 Å². The number of nitro groups is 1. The Balaban J connectivity index is 2.64. The summed E-state index contributed by atoms with van der Waals surface area (Å²) in [4.78, 5) is 22.9. The van der Waals surface area contributed by atoms with Crippen molar-refractivity contribution < 1.29 is 9.34 Å². The van der Waals surface area contributed by atoms with Crippen LogP contribution in [0.4, 0.5) is 5.69 Å². The van der Waals surface area contributed by atoms with Gasteiger partial charge in [0.1, 0.15) is 5.58 Å². The quantitative estimate of drug-likeness (QED) is 0.380. The Morgan fingerprint density at radius 1 is 1.16 bits per heavy atom. The minimum Gasteiger partial charge on any atom is -0.449 e. The summed E-state index contributed by atoms with van der Waals surface area (Å²) in [7, 11) is 0. The molecule has 94 valence electrons. The molecule has 1 heterocycles. The first-order valence-electron chi connectivity index (χ1n) is 5.69. The van der Waals surface area contributed by atoms with Crippen molar-refractivity contribution in [3.8, 4) is 0 Å². The molecule has 0 atom stereocenters. The zero-order valence-electron chi connectivity index (χ0n) is 10.0. The number of non-ortho nitro benzene ring substituents is 1. The van der Waals surface area contributed by atoms with E-state index in [0.29, 0.717) is 16.5 Å². The Bertz CT molecular complexity index is 880. The van der Waals surface area contributed by atoms with Crippen LogP contribution in [0.2, 0.25) is 0 Å². The molecule has 5 heteroatoms. The molecular weight excluding hydrogens is 246 g/mol. The summed E-state index contributed by atoms with van der Waals surface area (Å²) in [5, 5.41) is 11.7. The molecule has 0 saturated heterocycles. The molecule has 0 radical (unpaired) electrons. The van der Waals surface area contributed by atoms with Gasteiger partial charge in [0.2, 0.25) is 11.0 Å². The molecule has 0 spiro atoms. The fourth-order valence-electron chi connectivity index (χ4n) is 2.19. The molecule has 0 aliphatic carbocycles. The van der Waals surface area contributed by atoms with E-state index in [1.165, 1.54) is 6.07 Å². The first-order valence-corrected chi connectivity index (χ1v) is 5.69. The molecule has 0 unspecified atom stereocenters. The third-order valence-corrected chi connectivity index (χ3v) is 3.11. The van der Waals surface area contributed by atoms with Crippen LogP contribution in [-0.2, 0) is 0 Å². The number of nitrogens with zero attached hydrogens (tertiary/aromatic N) is 1. The molecule has 3 aromatic rings. The van der Waals surface area contributed by atoms with Gasteiger partial charge in [0.25, 0.3) is 0 Å². The highest BCUT2D eigenvalue weighted by molar-refractivity contribution is 5.95. The smallest absolute Gasteiger partial charge is 0.312 e. The number of nitro benzene ring substituents is 1. The van der Waals surface area contributed by atoms with Crippen molar-refractivity contribution in [1.82, 2.24) is 0 Å². The summed E-state index contributed by atoms with van der Waals surface area (Å²) < 4.78 is 5.56. The van der Waals surface area contributed by atoms with E-state index >= 15 is 0 Å². The third kappa shape index (κ3) is 1.59. The molecule has 19 heavy (non-hydrogen) atoms. The molecule has 0 N–H and O–H groups in total. The van der Waals surface area contributed by atoms with Gasteiger partial charge < -0.3 is 4.42 Å². The standard InChI is InChI=1S/C14H9NO4/c1-8-6-7-10(15(17)18)14-12(8)13(16)9-4-2-3-5-11(9)19-14/h2-7H,1H3. The van der Waals surface area contributed by atoms with Crippen molar-refractivity contribution in [2.45, 2.75) is 6.92 Å². The lowest BCUT2D eigenvalue weighted by atomic mass is 10.1. The Morgan fingerprint density at radius 2 is 1.89 bits per heavy atom. The van der Waals surface area contributed by atoms with E-state index in [1.807, 2.05) is 0 Å². The van der Waals surface area contributed by atoms with Crippen LogP contribution in [0.15, 0.2) is 45.6 Å². The fourth-order valence-corrected chi connectivity index (χ4v) is 2.19. The van der Waals surface area contributed by atoms with Crippen molar-refractivity contribution in [2.75, 3.05) is 0 Å². The van der Waals surface area contributed by atoms with Crippen LogP contribution in [0.3, 0.4) is 0 Å². The molecule has 0 aliphatic rings. The van der Waals surface area contributed by atoms with Crippen LogP contribution in [0, 0.1) is 17.0 Å². The van der Waals surface area contributed by atoms with E-state index in [0.717, 1.165) is 0 Å². The maximum absolute atomic E-state index is 12.4. The van der Waals surface area contributed by atoms with Crippen molar-refractivity contribution in [3.05, 3.63) is 62.3 Å². The number of aryl methyl sites for hydroxylation is 1. The second-order valence-corrected chi connectivity index (χ2v) is 4.29. The van der Waals surface area contributed by atoms with Crippen LogP contribution in [-0.4, -0.2) is 4.92 Å². The minimum absolute atomic E-state index is 0.0358. The lowest BCUT2D eigenvalue weighted by molar-refractivity contribution is -0.383. The Kier molecular flexibility index (Phi) is 2.35. The highest BCUT2D eigenvalue weighted by atomic mass is 16.6. The van der Waals surface area contributed by atoms with E-state index < -0.39 is 4.92 Å². The van der Waals surface area contributed by atoms with E-state index in [-0.39, 0.29) is 22.1 Å². The molecule has 0 aliphatic heterocycles. The fraction of sp³-hybridized carbons (Fsp3) is 0.0714. The van der Waals surface area contributed by atoms with Crippen LogP contribution < -0.4 is 5.43 Å². The van der Waals surface area contributed by atoms with Crippen LogP contribution >= 0.6 is 0 Å². The second kappa shape index (κ2) is 3.91. The maximum atomic E-state index is 12.4. The lowest BCUT2D eigenvalue weighted by Crippen LogP contribution is -2.05. The first kappa shape index (κ1) is 11.4. The van der Waals surface area contributed by atoms with Gasteiger partial charge in [-0.25, -0.2) is 0 Å². The monoisotopic (exact) mass is 255 g/mol. The summed E-state index contributed by atoms with van der Waals surface area (Å²) >= 11 is 0. The lowest BCUT2D eigenvalue weighted by Gasteiger charge is -2.04. The van der Waals surface area contributed by atoms with Crippen LogP contribution in [0.1, 0.15) is 5.56 Å². The summed E-state index contributed by atoms with van der Waals surface area (Å²) in [5.74, 6) is 0. The topological polar surface area (TPSA) is 73.3 Å². The van der Waals surface area contributed by atoms with Gasteiger partial charge in [-0.2, -0.15) is 0 Å². The highest BCUT2D eigenvalue weighted by Gasteiger charge is 2.19. The predicted octanol–water partition coefficient (Wildman–Crippen LogP) is 3.16. The normalized spacial score (nSPS) is 11.0. The Labute approximate surface area is 107 Å². The highest BCUT2D eigenvalue weighted by Crippen LogP contribution is 2.28. The molecule has 0 amide bonds. The van der Waals surface area contributed by atoms with Gasteiger partial charge in [0.15, 0.2) is 0 Å². The predicted molar refractivity (Wildman–Crippen MR) is 71.4 cm³/mol. The van der Waals surface area contributed by atoms with Crippen molar-refractivity contribution >= 4 is 27.6 Å². The Hall–Kier alpha value is -2.69. The van der Waals surface area contributed by atoms with Gasteiger partial charge in [0.05, 0.1) is 15.7 Å². The summed E-state index contributed by atoms with van der Waals surface area (Å²) in [5.41, 5.74) is 0.629. The van der Waals surface area contributed by atoms with E-state index in [4.69, 9.17) is 4.42 Å². The number of hydrogen-bond acceptors (Lipinski definition) is 4. The number of para-hydroxylation sites is 1. The zero-order chi connectivity index (χ0) is 13.6. The van der Waals surface area contributed by atoms with E-state index in [1.54, 1.807) is 37.3 Å². The number of fused-ring (bicyclic) bond motifs is 2. The van der Waals surface area contributed by atoms with Gasteiger partial charge in [-0.3, -0.25) is 14.9 Å². The maximum Gasteiger partial charge on any atom is 0.312 e. The molecule has 0 saturated carbocycles. The molecule has 1 aromatic heterocycles. The molecule has 0 fully saturated rings. The van der Waals surface area contributed by atoms with Gasteiger partial charge >= 0.3 is 5.69 Å². The van der Waals surface area contributed by atoms with Crippen LogP contribution in [0.25, 0.3) is 21.9 Å². The van der Waals surface area contributed by atoms with Crippen molar-refractivity contribution in [3.63, 3.8) is 0 Å². The molecule has 5 nitrogen and oxygen atoms in total. The van der Waals surface area contributed by atoms with E-state index in [2.05, 4.69) is 0 Å². The largest absolute Gasteiger partial charge is 0.449 e. The third-order valence-electron chi connectivity index (χ3n) is 3.11. The average Bonchev–Trinajstić information content (AvgIpc) is 2.38. The van der Waals surface area contributed by atoms with Gasteiger partial charge in [-0.1, -0.05) is 18.2 Å². The molecular formula is C14H9NO4. The summed E-state index contributed by atoms with van der Waals surface area (Å²) in [6, 6.07) is 9.65. The molecule has 3 rings (SSSR count). The Morgan fingerprint density at radius 3 is 2.63 bits per heavy atom. The van der Waals surface area contributed by atoms with Gasteiger partial charge in [-0.15, -0.1) is 0 Å². The summed E-state index contributed by atoms with van der Waals surface area (Å²) in [6.07, 6.45) is 0. The molecule has 0 bridgehead atoms. The summed E-state index contributed by atoms with van der Waals surface area (Å²) in [6.45, 7) is 1.73. The van der Waals surface area contributed by atoms with Crippen molar-refractivity contribution in [2.24, 2.45) is 0 Å². The SMILES string of the molecule is Cc1ccc([N+](=O)[O-])c2oc3ccccc3c(=O)c12.